The van der Waals surface area contributed by atoms with Crippen molar-refractivity contribution in [2.45, 2.75) is 50.8 Å². The van der Waals surface area contributed by atoms with E-state index in [2.05, 4.69) is 5.32 Å². The van der Waals surface area contributed by atoms with Gasteiger partial charge >= 0.3 is 5.97 Å². The zero-order valence-corrected chi connectivity index (χ0v) is 17.2. The number of esters is 1. The number of hydrogen-bond acceptors (Lipinski definition) is 6. The molecule has 1 heterocycles. The molecule has 2 rings (SSSR count). The van der Waals surface area contributed by atoms with E-state index in [0.29, 0.717) is 25.4 Å². The summed E-state index contributed by atoms with van der Waals surface area (Å²) in [4.78, 5) is 23.5. The Labute approximate surface area is 166 Å². The highest BCUT2D eigenvalue weighted by molar-refractivity contribution is 7.89. The van der Waals surface area contributed by atoms with Gasteiger partial charge in [-0.2, -0.15) is 4.31 Å². The van der Waals surface area contributed by atoms with Crippen LogP contribution in [0.3, 0.4) is 0 Å². The molecule has 8 nitrogen and oxygen atoms in total. The van der Waals surface area contributed by atoms with Crippen molar-refractivity contribution >= 4 is 27.6 Å². The highest BCUT2D eigenvalue weighted by Gasteiger charge is 2.29. The van der Waals surface area contributed by atoms with Crippen LogP contribution in [0.15, 0.2) is 23.1 Å². The highest BCUT2D eigenvalue weighted by Crippen LogP contribution is 2.31. The summed E-state index contributed by atoms with van der Waals surface area (Å²) >= 11 is 0. The zero-order valence-electron chi connectivity index (χ0n) is 16.4. The molecule has 9 heteroatoms. The molecule has 1 saturated heterocycles. The van der Waals surface area contributed by atoms with Crippen LogP contribution in [0.5, 0.6) is 5.75 Å². The van der Waals surface area contributed by atoms with Crippen molar-refractivity contribution in [2.24, 2.45) is 0 Å². The van der Waals surface area contributed by atoms with Gasteiger partial charge in [-0.3, -0.25) is 9.59 Å². The minimum absolute atomic E-state index is 0.0321. The third-order valence-electron chi connectivity index (χ3n) is 4.32. The van der Waals surface area contributed by atoms with Gasteiger partial charge in [-0.05, 0) is 44.9 Å². The normalized spacial score (nSPS) is 15.1. The van der Waals surface area contributed by atoms with Crippen molar-refractivity contribution in [1.82, 2.24) is 4.31 Å². The second kappa shape index (κ2) is 10.4. The predicted molar refractivity (Wildman–Crippen MR) is 105 cm³/mol. The number of ether oxygens (including phenoxy) is 2. The first-order valence-corrected chi connectivity index (χ1v) is 11.0. The molecule has 0 unspecified atom stereocenters. The summed E-state index contributed by atoms with van der Waals surface area (Å²) in [6, 6.07) is 4.54. The van der Waals surface area contributed by atoms with E-state index in [1.54, 1.807) is 26.0 Å². The van der Waals surface area contributed by atoms with Crippen molar-refractivity contribution in [3.8, 4) is 5.75 Å². The van der Waals surface area contributed by atoms with Crippen molar-refractivity contribution in [2.75, 3.05) is 31.6 Å². The van der Waals surface area contributed by atoms with Crippen LogP contribution in [0, 0.1) is 0 Å². The Hall–Kier alpha value is -2.13. The zero-order chi connectivity index (χ0) is 20.6. The number of carbonyl (C=O) groups excluding carboxylic acids is 2. The highest BCUT2D eigenvalue weighted by atomic mass is 32.2. The Morgan fingerprint density at radius 3 is 2.43 bits per heavy atom. The molecular formula is C19H28N2O6S. The number of hydrogen-bond donors (Lipinski definition) is 1. The van der Waals surface area contributed by atoms with E-state index < -0.39 is 21.9 Å². The maximum absolute atomic E-state index is 13.1. The number of rotatable bonds is 9. The maximum atomic E-state index is 13.1. The minimum Gasteiger partial charge on any atom is -0.492 e. The molecule has 0 aromatic heterocycles. The number of nitrogens with zero attached hydrogens (tertiary/aromatic N) is 1. The number of piperidine rings is 1. The van der Waals surface area contributed by atoms with Gasteiger partial charge in [-0.1, -0.05) is 6.42 Å². The Kier molecular flexibility index (Phi) is 8.25. The lowest BCUT2D eigenvalue weighted by Crippen LogP contribution is -2.35. The Morgan fingerprint density at radius 2 is 1.79 bits per heavy atom. The van der Waals surface area contributed by atoms with Gasteiger partial charge in [-0.25, -0.2) is 8.42 Å². The molecule has 1 amide bonds. The topological polar surface area (TPSA) is 102 Å². The number of sulfonamides is 1. The summed E-state index contributed by atoms with van der Waals surface area (Å²) in [5, 5.41) is 2.64. The second-order valence-corrected chi connectivity index (χ2v) is 8.32. The van der Waals surface area contributed by atoms with Gasteiger partial charge < -0.3 is 14.8 Å². The third-order valence-corrected chi connectivity index (χ3v) is 6.24. The van der Waals surface area contributed by atoms with Crippen LogP contribution in [0.25, 0.3) is 0 Å². The van der Waals surface area contributed by atoms with Gasteiger partial charge in [0.2, 0.25) is 15.9 Å². The molecule has 1 aromatic rings. The van der Waals surface area contributed by atoms with Crippen molar-refractivity contribution in [1.29, 1.82) is 0 Å². The number of amides is 1. The Morgan fingerprint density at radius 1 is 1.07 bits per heavy atom. The average Bonchev–Trinajstić information content (AvgIpc) is 2.68. The molecule has 0 radical (unpaired) electrons. The van der Waals surface area contributed by atoms with Crippen molar-refractivity contribution in [3.63, 3.8) is 0 Å². The second-order valence-electron chi connectivity index (χ2n) is 6.41. The molecule has 0 saturated carbocycles. The fraction of sp³-hybridized carbons (Fsp3) is 0.579. The molecule has 1 aromatic carbocycles. The van der Waals surface area contributed by atoms with E-state index in [9.17, 15) is 18.0 Å². The van der Waals surface area contributed by atoms with Crippen LogP contribution in [-0.4, -0.2) is 50.9 Å². The van der Waals surface area contributed by atoms with Crippen LogP contribution in [0.4, 0.5) is 5.69 Å². The molecule has 28 heavy (non-hydrogen) atoms. The monoisotopic (exact) mass is 412 g/mol. The molecule has 156 valence electrons. The molecular weight excluding hydrogens is 384 g/mol. The maximum Gasteiger partial charge on any atom is 0.306 e. The number of carbonyl (C=O) groups is 2. The molecule has 1 fully saturated rings. The van der Waals surface area contributed by atoms with E-state index in [0.717, 1.165) is 19.3 Å². The SMILES string of the molecule is CCOC(=O)CCC(=O)Nc1ccc(OCC)c(S(=O)(=O)N2CCCCC2)c1. The summed E-state index contributed by atoms with van der Waals surface area (Å²) in [5.41, 5.74) is 0.341. The fourth-order valence-corrected chi connectivity index (χ4v) is 4.65. The van der Waals surface area contributed by atoms with E-state index >= 15 is 0 Å². The van der Waals surface area contributed by atoms with Gasteiger partial charge in [0.15, 0.2) is 0 Å². The Balaban J connectivity index is 2.18. The van der Waals surface area contributed by atoms with E-state index in [1.165, 1.54) is 10.4 Å². The first-order chi connectivity index (χ1) is 13.4. The van der Waals surface area contributed by atoms with Gasteiger partial charge in [0.25, 0.3) is 0 Å². The Bertz CT molecular complexity index is 788. The standard InChI is InChI=1S/C19H28N2O6S/c1-3-26-16-9-8-15(20-18(22)10-11-19(23)27-4-2)14-17(16)28(24,25)21-12-6-5-7-13-21/h8-9,14H,3-7,10-13H2,1-2H3,(H,20,22). The first kappa shape index (κ1) is 22.2. The van der Waals surface area contributed by atoms with Gasteiger partial charge in [0.05, 0.1) is 19.6 Å². The lowest BCUT2D eigenvalue weighted by Gasteiger charge is -2.27. The smallest absolute Gasteiger partial charge is 0.306 e. The van der Waals surface area contributed by atoms with Crippen molar-refractivity contribution < 1.29 is 27.5 Å². The quantitative estimate of drug-likeness (QED) is 0.626. The average molecular weight is 413 g/mol. The van der Waals surface area contributed by atoms with Gasteiger partial charge in [0, 0.05) is 25.2 Å². The number of nitrogens with one attached hydrogen (secondary N) is 1. The molecule has 1 aliphatic heterocycles. The van der Waals surface area contributed by atoms with Gasteiger partial charge in [-0.15, -0.1) is 0 Å². The van der Waals surface area contributed by atoms with Crippen LogP contribution in [0.1, 0.15) is 46.0 Å². The fourth-order valence-electron chi connectivity index (χ4n) is 2.98. The molecule has 0 atom stereocenters. The summed E-state index contributed by atoms with van der Waals surface area (Å²) in [5.74, 6) is -0.575. The van der Waals surface area contributed by atoms with Crippen LogP contribution < -0.4 is 10.1 Å². The van der Waals surface area contributed by atoms with Crippen LogP contribution >= 0.6 is 0 Å². The van der Waals surface area contributed by atoms with Crippen molar-refractivity contribution in [3.05, 3.63) is 18.2 Å². The van der Waals surface area contributed by atoms with E-state index in [4.69, 9.17) is 9.47 Å². The number of benzene rings is 1. The molecule has 0 spiro atoms. The van der Waals surface area contributed by atoms with Gasteiger partial charge in [0.1, 0.15) is 10.6 Å². The first-order valence-electron chi connectivity index (χ1n) is 9.61. The van der Waals surface area contributed by atoms with E-state index in [-0.39, 0.29) is 30.1 Å². The summed E-state index contributed by atoms with van der Waals surface area (Å²) in [6.45, 7) is 5.02. The molecule has 1 aliphatic rings. The minimum atomic E-state index is -3.72. The van der Waals surface area contributed by atoms with Crippen LogP contribution in [0.2, 0.25) is 0 Å². The number of anilines is 1. The summed E-state index contributed by atoms with van der Waals surface area (Å²) in [7, 11) is -3.72. The predicted octanol–water partition coefficient (Wildman–Crippen LogP) is 2.54. The van der Waals surface area contributed by atoms with E-state index in [1.807, 2.05) is 0 Å². The molecule has 0 aliphatic carbocycles. The lowest BCUT2D eigenvalue weighted by atomic mass is 10.2. The molecule has 0 bridgehead atoms. The summed E-state index contributed by atoms with van der Waals surface area (Å²) < 4.78 is 37.9. The third kappa shape index (κ3) is 5.93. The molecule has 1 N–H and O–H groups in total. The van der Waals surface area contributed by atoms with Crippen LogP contribution in [-0.2, 0) is 24.3 Å². The largest absolute Gasteiger partial charge is 0.492 e. The summed E-state index contributed by atoms with van der Waals surface area (Å²) in [6.07, 6.45) is 2.59. The lowest BCUT2D eigenvalue weighted by molar-refractivity contribution is -0.144.